The number of rotatable bonds is 7. The van der Waals surface area contributed by atoms with Crippen LogP contribution in [-0.4, -0.2) is 43.8 Å². The number of amides is 2. The number of aromatic nitrogens is 3. The topological polar surface area (TPSA) is 80.1 Å². The molecule has 1 aromatic heterocycles. The van der Waals surface area contributed by atoms with E-state index < -0.39 is 0 Å². The molecule has 0 bridgehead atoms. The third-order valence-electron chi connectivity index (χ3n) is 5.58. The number of hydrogen-bond donors (Lipinski definition) is 1. The molecule has 32 heavy (non-hydrogen) atoms. The Kier molecular flexibility index (Phi) is 6.60. The van der Waals surface area contributed by atoms with Crippen LogP contribution >= 0.6 is 11.8 Å². The fraction of sp³-hybridized carbons (Fsp3) is 0.333. The first-order valence-electron chi connectivity index (χ1n) is 10.6. The maximum absolute atomic E-state index is 12.5. The summed E-state index contributed by atoms with van der Waals surface area (Å²) >= 11 is 1.33. The molecule has 1 saturated heterocycles. The number of benzene rings is 2. The Balaban J connectivity index is 1.33. The van der Waals surface area contributed by atoms with Gasteiger partial charge in [0.15, 0.2) is 11.0 Å². The Morgan fingerprint density at radius 2 is 1.84 bits per heavy atom. The van der Waals surface area contributed by atoms with Gasteiger partial charge in [0.1, 0.15) is 0 Å². The van der Waals surface area contributed by atoms with E-state index in [1.807, 2.05) is 60.7 Å². The average Bonchev–Trinajstić information content (AvgIpc) is 3.29. The van der Waals surface area contributed by atoms with Gasteiger partial charge in [0, 0.05) is 31.6 Å². The molecule has 0 radical (unpaired) electrons. The Morgan fingerprint density at radius 1 is 1.12 bits per heavy atom. The molecule has 1 aliphatic rings. The summed E-state index contributed by atoms with van der Waals surface area (Å²) in [5, 5.41) is 12.1. The van der Waals surface area contributed by atoms with Gasteiger partial charge < -0.3 is 14.8 Å². The van der Waals surface area contributed by atoms with Crippen LogP contribution in [-0.2, 0) is 23.2 Å². The van der Waals surface area contributed by atoms with Crippen LogP contribution in [0.4, 0.5) is 5.69 Å². The van der Waals surface area contributed by atoms with Crippen LogP contribution < -0.4 is 5.32 Å². The van der Waals surface area contributed by atoms with Crippen molar-refractivity contribution >= 4 is 29.3 Å². The molecule has 3 aromatic rings. The summed E-state index contributed by atoms with van der Waals surface area (Å²) in [4.78, 5) is 26.7. The van der Waals surface area contributed by atoms with Crippen molar-refractivity contribution in [3.63, 3.8) is 0 Å². The van der Waals surface area contributed by atoms with Crippen LogP contribution in [0.25, 0.3) is 0 Å². The number of likely N-dealkylation sites (tertiary alicyclic amines) is 1. The molecule has 7 nitrogen and oxygen atoms in total. The highest BCUT2D eigenvalue weighted by molar-refractivity contribution is 7.99. The maximum Gasteiger partial charge on any atom is 0.234 e. The van der Waals surface area contributed by atoms with Gasteiger partial charge >= 0.3 is 0 Å². The summed E-state index contributed by atoms with van der Waals surface area (Å²) < 4.78 is 1.86. The molecule has 166 valence electrons. The number of carbonyl (C=O) groups is 2. The van der Waals surface area contributed by atoms with Gasteiger partial charge in [-0.3, -0.25) is 9.59 Å². The van der Waals surface area contributed by atoms with E-state index in [0.717, 1.165) is 16.8 Å². The van der Waals surface area contributed by atoms with Crippen LogP contribution in [0, 0.1) is 13.8 Å². The van der Waals surface area contributed by atoms with Crippen molar-refractivity contribution in [2.24, 2.45) is 7.05 Å². The van der Waals surface area contributed by atoms with Crippen LogP contribution in [0.3, 0.4) is 0 Å². The van der Waals surface area contributed by atoms with Crippen LogP contribution in [0.2, 0.25) is 0 Å². The Labute approximate surface area is 192 Å². The van der Waals surface area contributed by atoms with Gasteiger partial charge in [-0.15, -0.1) is 10.2 Å². The van der Waals surface area contributed by atoms with E-state index in [1.54, 1.807) is 0 Å². The first-order chi connectivity index (χ1) is 15.4. The fourth-order valence-electron chi connectivity index (χ4n) is 4.03. The predicted octanol–water partition coefficient (Wildman–Crippen LogP) is 3.68. The molecule has 4 rings (SSSR count). The zero-order valence-corrected chi connectivity index (χ0v) is 19.4. The predicted molar refractivity (Wildman–Crippen MR) is 125 cm³/mol. The lowest BCUT2D eigenvalue weighted by Gasteiger charge is -2.16. The normalized spacial score (nSPS) is 15.9. The average molecular weight is 450 g/mol. The minimum atomic E-state index is -0.0926. The maximum atomic E-state index is 12.5. The van der Waals surface area contributed by atoms with Gasteiger partial charge in [-0.1, -0.05) is 48.2 Å². The van der Waals surface area contributed by atoms with Gasteiger partial charge in [-0.2, -0.15) is 0 Å². The second-order valence-corrected chi connectivity index (χ2v) is 9.20. The van der Waals surface area contributed by atoms with Crippen molar-refractivity contribution in [1.82, 2.24) is 19.7 Å². The molecule has 2 heterocycles. The van der Waals surface area contributed by atoms with Crippen molar-refractivity contribution in [3.05, 3.63) is 71.0 Å². The third-order valence-corrected chi connectivity index (χ3v) is 6.60. The van der Waals surface area contributed by atoms with Gasteiger partial charge in [0.2, 0.25) is 11.8 Å². The summed E-state index contributed by atoms with van der Waals surface area (Å²) in [5.74, 6) is 1.19. The molecule has 0 saturated carbocycles. The molecule has 2 amide bonds. The van der Waals surface area contributed by atoms with E-state index in [1.165, 1.54) is 17.3 Å². The summed E-state index contributed by atoms with van der Waals surface area (Å²) in [7, 11) is 1.87. The second-order valence-electron chi connectivity index (χ2n) is 8.26. The Morgan fingerprint density at radius 3 is 2.56 bits per heavy atom. The third kappa shape index (κ3) is 5.19. The number of anilines is 1. The summed E-state index contributed by atoms with van der Waals surface area (Å²) in [6.45, 7) is 5.11. The number of hydrogen-bond acceptors (Lipinski definition) is 5. The Bertz CT molecular complexity index is 1110. The second kappa shape index (κ2) is 9.56. The molecule has 0 unspecified atom stereocenters. The van der Waals surface area contributed by atoms with E-state index >= 15 is 0 Å². The van der Waals surface area contributed by atoms with Gasteiger partial charge in [0.05, 0.1) is 12.3 Å². The van der Waals surface area contributed by atoms with Crippen LogP contribution in [0.1, 0.15) is 34.9 Å². The van der Waals surface area contributed by atoms with Gasteiger partial charge in [-0.05, 0) is 42.7 Å². The first kappa shape index (κ1) is 22.1. The molecule has 8 heteroatoms. The minimum absolute atomic E-state index is 0.0926. The van der Waals surface area contributed by atoms with Crippen molar-refractivity contribution in [2.75, 3.05) is 17.6 Å². The highest BCUT2D eigenvalue weighted by atomic mass is 32.2. The lowest BCUT2D eigenvalue weighted by Crippen LogP contribution is -2.26. The number of nitrogens with one attached hydrogen (secondary N) is 1. The molecule has 0 spiro atoms. The molecule has 2 aromatic carbocycles. The molecule has 1 atom stereocenters. The van der Waals surface area contributed by atoms with Crippen molar-refractivity contribution in [3.8, 4) is 0 Å². The van der Waals surface area contributed by atoms with Crippen molar-refractivity contribution in [2.45, 2.75) is 37.9 Å². The molecule has 1 N–H and O–H groups in total. The lowest BCUT2D eigenvalue weighted by molar-refractivity contribution is -0.128. The quantitative estimate of drug-likeness (QED) is 0.557. The monoisotopic (exact) mass is 449 g/mol. The summed E-state index contributed by atoms with van der Waals surface area (Å²) in [6, 6.07) is 16.1. The molecular formula is C24H27N5O2S. The zero-order chi connectivity index (χ0) is 22.7. The van der Waals surface area contributed by atoms with Crippen LogP contribution in [0.5, 0.6) is 0 Å². The van der Waals surface area contributed by atoms with Gasteiger partial charge in [-0.25, -0.2) is 0 Å². The van der Waals surface area contributed by atoms with Crippen molar-refractivity contribution in [1.29, 1.82) is 0 Å². The van der Waals surface area contributed by atoms with E-state index in [4.69, 9.17) is 0 Å². The van der Waals surface area contributed by atoms with E-state index in [2.05, 4.69) is 33.7 Å². The van der Waals surface area contributed by atoms with Crippen molar-refractivity contribution < 1.29 is 9.59 Å². The number of carbonyl (C=O) groups excluding carboxylic acids is 2. The molecule has 1 fully saturated rings. The first-order valence-corrected chi connectivity index (χ1v) is 11.6. The van der Waals surface area contributed by atoms with Crippen LogP contribution in [0.15, 0.2) is 53.7 Å². The van der Waals surface area contributed by atoms with Gasteiger partial charge in [0.25, 0.3) is 0 Å². The number of nitrogens with zero attached hydrogens (tertiary/aromatic N) is 4. The largest absolute Gasteiger partial charge is 0.335 e. The lowest BCUT2D eigenvalue weighted by atomic mass is 9.99. The molecule has 0 aliphatic carbocycles. The highest BCUT2D eigenvalue weighted by Gasteiger charge is 2.31. The SMILES string of the molecule is Cc1cc(C)cc(NC(=O)CSc2nnc(CN3C[C@H](c4ccccc4)CC3=O)n2C)c1. The zero-order valence-electron chi connectivity index (χ0n) is 18.5. The van der Waals surface area contributed by atoms with E-state index in [-0.39, 0.29) is 23.5 Å². The number of aryl methyl sites for hydroxylation is 2. The molecular weight excluding hydrogens is 422 g/mol. The highest BCUT2D eigenvalue weighted by Crippen LogP contribution is 2.29. The smallest absolute Gasteiger partial charge is 0.234 e. The summed E-state index contributed by atoms with van der Waals surface area (Å²) in [5.41, 5.74) is 4.20. The summed E-state index contributed by atoms with van der Waals surface area (Å²) in [6.07, 6.45) is 0.516. The fourth-order valence-corrected chi connectivity index (χ4v) is 4.76. The standard InChI is InChI=1S/C24H27N5O2S/c1-16-9-17(2)11-20(10-16)25-22(30)15-32-24-27-26-21(28(24)3)14-29-13-19(12-23(29)31)18-7-5-4-6-8-18/h4-11,19H,12-15H2,1-3H3,(H,25,30)/t19-/m1/s1. The molecule has 1 aliphatic heterocycles. The number of thioether (sulfide) groups is 1. The van der Waals surface area contributed by atoms with E-state index in [9.17, 15) is 9.59 Å². The minimum Gasteiger partial charge on any atom is -0.335 e. The Hall–Kier alpha value is -3.13. The van der Waals surface area contributed by atoms with E-state index in [0.29, 0.717) is 30.5 Å².